The Morgan fingerprint density at radius 1 is 1.15 bits per heavy atom. The van der Waals surface area contributed by atoms with Gasteiger partial charge in [-0.25, -0.2) is 0 Å². The molecular formula is C22H23N3O2. The van der Waals surface area contributed by atoms with E-state index in [2.05, 4.69) is 22.5 Å². The Labute approximate surface area is 159 Å². The normalized spacial score (nSPS) is 10.9. The van der Waals surface area contributed by atoms with Crippen LogP contribution in [0.25, 0.3) is 6.08 Å². The maximum Gasteiger partial charge on any atom is 0.244 e. The lowest BCUT2D eigenvalue weighted by atomic mass is 10.2. The molecule has 0 aliphatic carbocycles. The second-order valence-electron chi connectivity index (χ2n) is 6.24. The summed E-state index contributed by atoms with van der Waals surface area (Å²) in [6, 6.07) is 18.0. The minimum absolute atomic E-state index is 0.154. The average Bonchev–Trinajstić information content (AvgIpc) is 3.13. The number of carbonyl (C=O) groups is 1. The first-order valence-corrected chi connectivity index (χ1v) is 8.91. The molecule has 138 valence electrons. The van der Waals surface area contributed by atoms with Crippen LogP contribution in [0.1, 0.15) is 16.7 Å². The van der Waals surface area contributed by atoms with Crippen LogP contribution in [-0.2, 0) is 11.3 Å². The van der Waals surface area contributed by atoms with Crippen LogP contribution in [0.5, 0.6) is 5.75 Å². The molecule has 2 aromatic carbocycles. The average molecular weight is 361 g/mol. The highest BCUT2D eigenvalue weighted by Gasteiger charge is 1.99. The lowest BCUT2D eigenvalue weighted by molar-refractivity contribution is -0.116. The van der Waals surface area contributed by atoms with E-state index in [-0.39, 0.29) is 5.91 Å². The van der Waals surface area contributed by atoms with Gasteiger partial charge in [0.2, 0.25) is 5.91 Å². The first kappa shape index (κ1) is 18.5. The van der Waals surface area contributed by atoms with Crippen molar-refractivity contribution >= 4 is 12.0 Å². The van der Waals surface area contributed by atoms with Gasteiger partial charge in [0.15, 0.2) is 0 Å². The molecule has 3 rings (SSSR count). The molecule has 0 saturated carbocycles. The zero-order valence-corrected chi connectivity index (χ0v) is 15.3. The third-order valence-corrected chi connectivity index (χ3v) is 3.96. The van der Waals surface area contributed by atoms with Crippen LogP contribution in [0, 0.1) is 6.92 Å². The van der Waals surface area contributed by atoms with Gasteiger partial charge >= 0.3 is 0 Å². The molecule has 27 heavy (non-hydrogen) atoms. The Hall–Kier alpha value is -3.34. The van der Waals surface area contributed by atoms with Crippen molar-refractivity contribution in [1.82, 2.24) is 15.1 Å². The van der Waals surface area contributed by atoms with Gasteiger partial charge in [0.05, 0.1) is 19.3 Å². The van der Waals surface area contributed by atoms with Gasteiger partial charge < -0.3 is 10.1 Å². The number of ether oxygens (including phenoxy) is 1. The highest BCUT2D eigenvalue weighted by atomic mass is 16.5. The van der Waals surface area contributed by atoms with E-state index in [9.17, 15) is 4.79 Å². The van der Waals surface area contributed by atoms with Crippen molar-refractivity contribution < 1.29 is 9.53 Å². The Balaban J connectivity index is 1.40. The lowest BCUT2D eigenvalue weighted by Crippen LogP contribution is -2.26. The van der Waals surface area contributed by atoms with Crippen LogP contribution in [0.2, 0.25) is 0 Å². The molecule has 5 heteroatoms. The molecule has 0 unspecified atom stereocenters. The molecule has 0 saturated heterocycles. The molecule has 0 aliphatic heterocycles. The molecule has 5 nitrogen and oxygen atoms in total. The summed E-state index contributed by atoms with van der Waals surface area (Å²) in [6.07, 6.45) is 6.92. The molecule has 1 aromatic heterocycles. The maximum absolute atomic E-state index is 11.9. The standard InChI is InChI=1S/C22H23N3O2/c1-18-7-10-21(11-8-18)27-14-13-23-22(26)12-9-20-15-24-25(17-20)16-19-5-3-2-4-6-19/h2-12,15,17H,13-14,16H2,1H3,(H,23,26)/b12-9+. The monoisotopic (exact) mass is 361 g/mol. The van der Waals surface area contributed by atoms with E-state index in [1.165, 1.54) is 17.2 Å². The Morgan fingerprint density at radius 2 is 1.93 bits per heavy atom. The minimum Gasteiger partial charge on any atom is -0.492 e. The zero-order valence-electron chi connectivity index (χ0n) is 15.3. The number of carbonyl (C=O) groups excluding carboxylic acids is 1. The second kappa shape index (κ2) is 9.38. The predicted molar refractivity (Wildman–Crippen MR) is 106 cm³/mol. The van der Waals surface area contributed by atoms with Crippen molar-refractivity contribution in [2.75, 3.05) is 13.2 Å². The van der Waals surface area contributed by atoms with Gasteiger partial charge in [0, 0.05) is 17.8 Å². The molecule has 3 aromatic rings. The van der Waals surface area contributed by atoms with Crippen molar-refractivity contribution in [3.8, 4) is 5.75 Å². The third kappa shape index (κ3) is 6.15. The number of rotatable bonds is 8. The Kier molecular flexibility index (Phi) is 6.41. The van der Waals surface area contributed by atoms with Gasteiger partial charge in [-0.3, -0.25) is 9.48 Å². The smallest absolute Gasteiger partial charge is 0.244 e. The lowest BCUT2D eigenvalue weighted by Gasteiger charge is -2.06. The van der Waals surface area contributed by atoms with E-state index in [0.717, 1.165) is 11.3 Å². The molecule has 1 amide bonds. The number of hydrogen-bond acceptors (Lipinski definition) is 3. The summed E-state index contributed by atoms with van der Waals surface area (Å²) in [5.74, 6) is 0.648. The van der Waals surface area contributed by atoms with Crippen LogP contribution >= 0.6 is 0 Å². The van der Waals surface area contributed by atoms with E-state index in [0.29, 0.717) is 19.7 Å². The number of hydrogen-bond donors (Lipinski definition) is 1. The van der Waals surface area contributed by atoms with Gasteiger partial charge in [-0.05, 0) is 30.7 Å². The van der Waals surface area contributed by atoms with E-state index in [1.54, 1.807) is 12.3 Å². The summed E-state index contributed by atoms with van der Waals surface area (Å²) in [5.41, 5.74) is 3.26. The van der Waals surface area contributed by atoms with E-state index >= 15 is 0 Å². The number of amides is 1. The molecular weight excluding hydrogens is 338 g/mol. The number of nitrogens with one attached hydrogen (secondary N) is 1. The second-order valence-corrected chi connectivity index (χ2v) is 6.24. The van der Waals surface area contributed by atoms with Gasteiger partial charge in [0.1, 0.15) is 12.4 Å². The summed E-state index contributed by atoms with van der Waals surface area (Å²) in [5, 5.41) is 7.12. The van der Waals surface area contributed by atoms with Crippen molar-refractivity contribution in [2.24, 2.45) is 0 Å². The van der Waals surface area contributed by atoms with Gasteiger partial charge in [-0.1, -0.05) is 48.0 Å². The zero-order chi connectivity index (χ0) is 18.9. The number of aromatic nitrogens is 2. The largest absolute Gasteiger partial charge is 0.492 e. The van der Waals surface area contributed by atoms with E-state index < -0.39 is 0 Å². The maximum atomic E-state index is 11.9. The van der Waals surface area contributed by atoms with Gasteiger partial charge in [-0.15, -0.1) is 0 Å². The SMILES string of the molecule is Cc1ccc(OCCNC(=O)/C=C/c2cnn(Cc3ccccc3)c2)cc1. The highest BCUT2D eigenvalue weighted by molar-refractivity contribution is 5.91. The Bertz CT molecular complexity index is 883. The van der Waals surface area contributed by atoms with Crippen LogP contribution in [0.4, 0.5) is 0 Å². The summed E-state index contributed by atoms with van der Waals surface area (Å²) < 4.78 is 7.43. The molecule has 1 N–H and O–H groups in total. The predicted octanol–water partition coefficient (Wildman–Crippen LogP) is 3.45. The molecule has 0 radical (unpaired) electrons. The molecule has 1 heterocycles. The topological polar surface area (TPSA) is 56.1 Å². The first-order valence-electron chi connectivity index (χ1n) is 8.91. The van der Waals surface area contributed by atoms with Crippen LogP contribution < -0.4 is 10.1 Å². The van der Waals surface area contributed by atoms with Crippen molar-refractivity contribution in [3.63, 3.8) is 0 Å². The summed E-state index contributed by atoms with van der Waals surface area (Å²) in [4.78, 5) is 11.9. The van der Waals surface area contributed by atoms with Crippen LogP contribution in [0.3, 0.4) is 0 Å². The quantitative estimate of drug-likeness (QED) is 0.494. The fourth-order valence-electron chi connectivity index (χ4n) is 2.53. The fourth-order valence-corrected chi connectivity index (χ4v) is 2.53. The van der Waals surface area contributed by atoms with Crippen LogP contribution in [0.15, 0.2) is 73.1 Å². The van der Waals surface area contributed by atoms with Crippen molar-refractivity contribution in [1.29, 1.82) is 0 Å². The summed E-state index contributed by atoms with van der Waals surface area (Å²) in [7, 11) is 0. The highest BCUT2D eigenvalue weighted by Crippen LogP contribution is 2.10. The van der Waals surface area contributed by atoms with Crippen molar-refractivity contribution in [3.05, 3.63) is 89.8 Å². The van der Waals surface area contributed by atoms with E-state index in [4.69, 9.17) is 4.74 Å². The van der Waals surface area contributed by atoms with Crippen molar-refractivity contribution in [2.45, 2.75) is 13.5 Å². The summed E-state index contributed by atoms with van der Waals surface area (Å²) >= 11 is 0. The molecule has 0 fully saturated rings. The third-order valence-electron chi connectivity index (χ3n) is 3.96. The van der Waals surface area contributed by atoms with Crippen LogP contribution in [-0.4, -0.2) is 28.8 Å². The number of benzene rings is 2. The van der Waals surface area contributed by atoms with E-state index in [1.807, 2.05) is 60.3 Å². The number of aryl methyl sites for hydroxylation is 1. The molecule has 0 aliphatic rings. The fraction of sp³-hybridized carbons (Fsp3) is 0.182. The summed E-state index contributed by atoms with van der Waals surface area (Å²) in [6.45, 7) is 3.61. The van der Waals surface area contributed by atoms with Gasteiger partial charge in [0.25, 0.3) is 0 Å². The molecule has 0 spiro atoms. The Morgan fingerprint density at radius 3 is 2.70 bits per heavy atom. The molecule has 0 bridgehead atoms. The van der Waals surface area contributed by atoms with Gasteiger partial charge in [-0.2, -0.15) is 5.10 Å². The number of nitrogens with zero attached hydrogens (tertiary/aromatic N) is 2. The minimum atomic E-state index is -0.154. The molecule has 0 atom stereocenters. The first-order chi connectivity index (χ1) is 13.2.